The SMILES string of the molecule is CNc1nccc(C(=O)NCC2CSCCS2)c1F. The van der Waals surface area contributed by atoms with E-state index in [1.165, 1.54) is 18.0 Å². The Balaban J connectivity index is 1.95. The van der Waals surface area contributed by atoms with E-state index in [1.807, 2.05) is 23.5 Å². The molecule has 0 radical (unpaired) electrons. The number of nitrogens with zero attached hydrogens (tertiary/aromatic N) is 1. The van der Waals surface area contributed by atoms with Gasteiger partial charge in [-0.05, 0) is 6.07 Å². The van der Waals surface area contributed by atoms with E-state index in [0.29, 0.717) is 11.8 Å². The Morgan fingerprint density at radius 2 is 2.42 bits per heavy atom. The number of rotatable bonds is 4. The molecular weight excluding hydrogens is 285 g/mol. The minimum absolute atomic E-state index is 0.0350. The molecule has 2 heterocycles. The summed E-state index contributed by atoms with van der Waals surface area (Å²) >= 11 is 3.75. The van der Waals surface area contributed by atoms with Gasteiger partial charge in [-0.15, -0.1) is 0 Å². The van der Waals surface area contributed by atoms with Crippen molar-refractivity contribution in [1.29, 1.82) is 0 Å². The molecule has 4 nitrogen and oxygen atoms in total. The molecule has 1 atom stereocenters. The number of aromatic nitrogens is 1. The van der Waals surface area contributed by atoms with Gasteiger partial charge in [0.25, 0.3) is 5.91 Å². The summed E-state index contributed by atoms with van der Waals surface area (Å²) in [5, 5.41) is 5.83. The molecule has 1 saturated heterocycles. The smallest absolute Gasteiger partial charge is 0.254 e. The first-order valence-corrected chi connectivity index (χ1v) is 8.22. The number of carbonyl (C=O) groups excluding carboxylic acids is 1. The summed E-state index contributed by atoms with van der Waals surface area (Å²) in [6, 6.07) is 1.40. The summed E-state index contributed by atoms with van der Waals surface area (Å²) in [4.78, 5) is 15.8. The lowest BCUT2D eigenvalue weighted by Crippen LogP contribution is -2.34. The summed E-state index contributed by atoms with van der Waals surface area (Å²) in [5.41, 5.74) is 0.0350. The molecule has 1 aromatic heterocycles. The monoisotopic (exact) mass is 301 g/mol. The van der Waals surface area contributed by atoms with Gasteiger partial charge in [0, 0.05) is 42.3 Å². The Hall–Kier alpha value is -0.950. The zero-order chi connectivity index (χ0) is 13.7. The minimum Gasteiger partial charge on any atom is -0.371 e. The van der Waals surface area contributed by atoms with Crippen molar-refractivity contribution in [3.8, 4) is 0 Å². The van der Waals surface area contributed by atoms with Gasteiger partial charge in [0.1, 0.15) is 0 Å². The van der Waals surface area contributed by atoms with E-state index < -0.39 is 5.82 Å². The van der Waals surface area contributed by atoms with Crippen molar-refractivity contribution in [2.24, 2.45) is 0 Å². The first-order chi connectivity index (χ1) is 9.22. The third-order valence-corrected chi connectivity index (χ3v) is 5.59. The van der Waals surface area contributed by atoms with Gasteiger partial charge in [-0.1, -0.05) is 0 Å². The molecule has 104 valence electrons. The van der Waals surface area contributed by atoms with Crippen LogP contribution in [0.5, 0.6) is 0 Å². The number of hydrogen-bond acceptors (Lipinski definition) is 5. The highest BCUT2D eigenvalue weighted by Gasteiger charge is 2.18. The molecule has 0 saturated carbocycles. The van der Waals surface area contributed by atoms with E-state index >= 15 is 0 Å². The van der Waals surface area contributed by atoms with Crippen LogP contribution in [-0.2, 0) is 0 Å². The third-order valence-electron chi connectivity index (χ3n) is 2.75. The van der Waals surface area contributed by atoms with Gasteiger partial charge in [-0.2, -0.15) is 23.5 Å². The Morgan fingerprint density at radius 3 is 3.11 bits per heavy atom. The molecular formula is C12H16FN3OS2. The maximum absolute atomic E-state index is 13.9. The van der Waals surface area contributed by atoms with Gasteiger partial charge in [-0.25, -0.2) is 9.37 Å². The average molecular weight is 301 g/mol. The normalized spacial score (nSPS) is 18.9. The van der Waals surface area contributed by atoms with E-state index in [4.69, 9.17) is 0 Å². The molecule has 1 aliphatic heterocycles. The van der Waals surface area contributed by atoms with Crippen molar-refractivity contribution in [1.82, 2.24) is 10.3 Å². The number of amides is 1. The van der Waals surface area contributed by atoms with Crippen LogP contribution in [-0.4, -0.2) is 47.0 Å². The Kier molecular flexibility index (Phi) is 5.33. The van der Waals surface area contributed by atoms with Crippen molar-refractivity contribution in [2.45, 2.75) is 5.25 Å². The number of hydrogen-bond donors (Lipinski definition) is 2. The van der Waals surface area contributed by atoms with Crippen molar-refractivity contribution < 1.29 is 9.18 Å². The number of pyridine rings is 1. The van der Waals surface area contributed by atoms with Crippen molar-refractivity contribution >= 4 is 35.2 Å². The van der Waals surface area contributed by atoms with E-state index in [0.717, 1.165) is 11.5 Å². The lowest BCUT2D eigenvalue weighted by molar-refractivity contribution is 0.0950. The zero-order valence-corrected chi connectivity index (χ0v) is 12.2. The predicted molar refractivity (Wildman–Crippen MR) is 79.6 cm³/mol. The second-order valence-electron chi connectivity index (χ2n) is 4.05. The molecule has 1 unspecified atom stereocenters. The van der Waals surface area contributed by atoms with E-state index in [1.54, 1.807) is 7.05 Å². The number of halogens is 1. The molecule has 1 amide bonds. The molecule has 1 aliphatic rings. The Labute approximate surface area is 120 Å². The molecule has 2 N–H and O–H groups in total. The van der Waals surface area contributed by atoms with Crippen LogP contribution < -0.4 is 10.6 Å². The van der Waals surface area contributed by atoms with Crippen LogP contribution >= 0.6 is 23.5 Å². The molecule has 1 aromatic rings. The lowest BCUT2D eigenvalue weighted by Gasteiger charge is -2.21. The van der Waals surface area contributed by atoms with Gasteiger partial charge >= 0.3 is 0 Å². The fraction of sp³-hybridized carbons (Fsp3) is 0.500. The highest BCUT2D eigenvalue weighted by molar-refractivity contribution is 8.06. The van der Waals surface area contributed by atoms with Crippen LogP contribution in [0.25, 0.3) is 0 Å². The summed E-state index contributed by atoms with van der Waals surface area (Å²) in [5.74, 6) is 2.42. The minimum atomic E-state index is -0.604. The quantitative estimate of drug-likeness (QED) is 0.889. The van der Waals surface area contributed by atoms with Crippen LogP contribution in [0.3, 0.4) is 0 Å². The molecule has 0 spiro atoms. The molecule has 19 heavy (non-hydrogen) atoms. The van der Waals surface area contributed by atoms with Crippen molar-refractivity contribution in [3.05, 3.63) is 23.6 Å². The molecule has 0 aliphatic carbocycles. The second kappa shape index (κ2) is 7.00. The third kappa shape index (κ3) is 3.76. The largest absolute Gasteiger partial charge is 0.371 e. The first-order valence-electron chi connectivity index (χ1n) is 6.02. The topological polar surface area (TPSA) is 54.0 Å². The van der Waals surface area contributed by atoms with Crippen molar-refractivity contribution in [3.63, 3.8) is 0 Å². The maximum Gasteiger partial charge on any atom is 0.254 e. The summed E-state index contributed by atoms with van der Waals surface area (Å²) in [7, 11) is 1.57. The Bertz CT molecular complexity index is 453. The number of anilines is 1. The van der Waals surface area contributed by atoms with Crippen LogP contribution in [0.15, 0.2) is 12.3 Å². The van der Waals surface area contributed by atoms with E-state index in [9.17, 15) is 9.18 Å². The van der Waals surface area contributed by atoms with Gasteiger partial charge in [-0.3, -0.25) is 4.79 Å². The van der Waals surface area contributed by atoms with E-state index in [-0.39, 0.29) is 17.3 Å². The van der Waals surface area contributed by atoms with Crippen molar-refractivity contribution in [2.75, 3.05) is 36.2 Å². The zero-order valence-electron chi connectivity index (χ0n) is 10.6. The van der Waals surface area contributed by atoms with Crippen LogP contribution in [0.1, 0.15) is 10.4 Å². The molecule has 0 aromatic carbocycles. The van der Waals surface area contributed by atoms with Crippen LogP contribution in [0.2, 0.25) is 0 Å². The van der Waals surface area contributed by atoms with Crippen LogP contribution in [0.4, 0.5) is 10.2 Å². The molecule has 2 rings (SSSR count). The van der Waals surface area contributed by atoms with Crippen LogP contribution in [0, 0.1) is 5.82 Å². The number of nitrogens with one attached hydrogen (secondary N) is 2. The standard InChI is InChI=1S/C12H16FN3OS2/c1-14-11-10(13)9(2-3-15-11)12(17)16-6-8-7-18-4-5-19-8/h2-3,8H,4-7H2,1H3,(H,14,15)(H,16,17). The summed E-state index contributed by atoms with van der Waals surface area (Å²) < 4.78 is 13.9. The average Bonchev–Trinajstić information content (AvgIpc) is 2.46. The van der Waals surface area contributed by atoms with Gasteiger partial charge in [0.15, 0.2) is 11.6 Å². The van der Waals surface area contributed by atoms with E-state index in [2.05, 4.69) is 15.6 Å². The first kappa shape index (κ1) is 14.5. The fourth-order valence-corrected chi connectivity index (χ4v) is 4.36. The van der Waals surface area contributed by atoms with Gasteiger partial charge in [0.05, 0.1) is 5.56 Å². The highest BCUT2D eigenvalue weighted by Crippen LogP contribution is 2.23. The van der Waals surface area contributed by atoms with Gasteiger partial charge in [0.2, 0.25) is 0 Å². The predicted octanol–water partition coefficient (Wildman–Crippen LogP) is 1.84. The molecule has 1 fully saturated rings. The highest BCUT2D eigenvalue weighted by atomic mass is 32.2. The summed E-state index contributed by atoms with van der Waals surface area (Å²) in [6.45, 7) is 0.577. The second-order valence-corrected chi connectivity index (χ2v) is 6.61. The number of thioether (sulfide) groups is 2. The lowest BCUT2D eigenvalue weighted by atomic mass is 10.2. The maximum atomic E-state index is 13.9. The van der Waals surface area contributed by atoms with Gasteiger partial charge < -0.3 is 10.6 Å². The Morgan fingerprint density at radius 1 is 1.58 bits per heavy atom. The fourth-order valence-electron chi connectivity index (χ4n) is 1.75. The molecule has 7 heteroatoms. The summed E-state index contributed by atoms with van der Waals surface area (Å²) in [6.07, 6.45) is 1.43. The molecule has 0 bridgehead atoms. The number of carbonyl (C=O) groups is 1.